The van der Waals surface area contributed by atoms with E-state index in [0.29, 0.717) is 10.5 Å². The summed E-state index contributed by atoms with van der Waals surface area (Å²) in [5, 5.41) is 5.03. The van der Waals surface area contributed by atoms with E-state index < -0.39 is 17.6 Å². The minimum Gasteiger partial charge on any atom is -0.372 e. The number of nitrogens with zero attached hydrogens (tertiary/aromatic N) is 2. The molecule has 3 aromatic rings. The molecule has 3 heterocycles. The Kier molecular flexibility index (Phi) is 5.72. The molecule has 2 aromatic carbocycles. The lowest BCUT2D eigenvalue weighted by molar-refractivity contribution is -0.120. The van der Waals surface area contributed by atoms with Crippen molar-refractivity contribution in [3.05, 3.63) is 82.4 Å². The first-order valence-corrected chi connectivity index (χ1v) is 11.9. The van der Waals surface area contributed by atoms with Gasteiger partial charge in [0, 0.05) is 29.3 Å². The van der Waals surface area contributed by atoms with Gasteiger partial charge in [-0.3, -0.25) is 9.59 Å². The zero-order valence-electron chi connectivity index (χ0n) is 18.3. The zero-order chi connectivity index (χ0) is 22.9. The summed E-state index contributed by atoms with van der Waals surface area (Å²) in [4.78, 5) is 30.7. The number of thiophene rings is 1. The predicted octanol–water partition coefficient (Wildman–Crippen LogP) is 5.52. The number of nitrogens with one attached hydrogen (secondary N) is 1. The maximum absolute atomic E-state index is 13.8. The van der Waals surface area contributed by atoms with Gasteiger partial charge in [0.1, 0.15) is 11.5 Å². The van der Waals surface area contributed by atoms with Crippen molar-refractivity contribution in [1.82, 2.24) is 0 Å². The van der Waals surface area contributed by atoms with Crippen molar-refractivity contribution in [3.8, 4) is 0 Å². The van der Waals surface area contributed by atoms with Crippen LogP contribution in [0.3, 0.4) is 0 Å². The van der Waals surface area contributed by atoms with E-state index in [2.05, 4.69) is 17.1 Å². The molecule has 1 saturated heterocycles. The SMILES string of the molecule is CC1CCN(c2ccc(NC3=C(c4cccs4)C(=O)N(c4cccc(F)c4)C3=O)cc2)CC1. The fourth-order valence-corrected chi connectivity index (χ4v) is 5.08. The molecule has 5 nitrogen and oxygen atoms in total. The molecule has 7 heteroatoms. The number of hydrogen-bond acceptors (Lipinski definition) is 5. The number of hydrogen-bond donors (Lipinski definition) is 1. The van der Waals surface area contributed by atoms with Crippen LogP contribution >= 0.6 is 11.3 Å². The van der Waals surface area contributed by atoms with Crippen molar-refractivity contribution in [2.24, 2.45) is 5.92 Å². The number of halogens is 1. The van der Waals surface area contributed by atoms with Crippen LogP contribution in [-0.4, -0.2) is 24.9 Å². The number of rotatable bonds is 5. The van der Waals surface area contributed by atoms with Crippen molar-refractivity contribution in [3.63, 3.8) is 0 Å². The molecular weight excluding hydrogens is 437 g/mol. The molecule has 1 aromatic heterocycles. The Labute approximate surface area is 196 Å². The highest BCUT2D eigenvalue weighted by Gasteiger charge is 2.40. The van der Waals surface area contributed by atoms with Crippen molar-refractivity contribution in [2.75, 3.05) is 28.2 Å². The fraction of sp³-hybridized carbons (Fsp3) is 0.231. The van der Waals surface area contributed by atoms with Crippen LogP contribution in [0.25, 0.3) is 5.57 Å². The van der Waals surface area contributed by atoms with Gasteiger partial charge < -0.3 is 10.2 Å². The molecule has 33 heavy (non-hydrogen) atoms. The summed E-state index contributed by atoms with van der Waals surface area (Å²) >= 11 is 1.38. The summed E-state index contributed by atoms with van der Waals surface area (Å²) in [6.45, 7) is 4.37. The van der Waals surface area contributed by atoms with Crippen LogP contribution in [0, 0.1) is 11.7 Å². The van der Waals surface area contributed by atoms with E-state index in [1.54, 1.807) is 6.07 Å². The maximum Gasteiger partial charge on any atom is 0.282 e. The van der Waals surface area contributed by atoms with Gasteiger partial charge in [-0.15, -0.1) is 11.3 Å². The molecule has 0 aliphatic carbocycles. The van der Waals surface area contributed by atoms with Gasteiger partial charge in [0.15, 0.2) is 0 Å². The Morgan fingerprint density at radius 3 is 2.36 bits per heavy atom. The lowest BCUT2D eigenvalue weighted by atomic mass is 9.99. The van der Waals surface area contributed by atoms with Crippen LogP contribution in [0.5, 0.6) is 0 Å². The largest absolute Gasteiger partial charge is 0.372 e. The van der Waals surface area contributed by atoms with Crippen molar-refractivity contribution < 1.29 is 14.0 Å². The van der Waals surface area contributed by atoms with E-state index >= 15 is 0 Å². The fourth-order valence-electron chi connectivity index (χ4n) is 4.31. The molecule has 168 valence electrons. The van der Waals surface area contributed by atoms with E-state index in [0.717, 1.165) is 35.3 Å². The Morgan fingerprint density at radius 2 is 1.70 bits per heavy atom. The second-order valence-electron chi connectivity index (χ2n) is 8.49. The Hall–Kier alpha value is -3.45. The van der Waals surface area contributed by atoms with Crippen molar-refractivity contribution in [2.45, 2.75) is 19.8 Å². The summed E-state index contributed by atoms with van der Waals surface area (Å²) in [7, 11) is 0. The smallest absolute Gasteiger partial charge is 0.282 e. The molecule has 5 rings (SSSR count). The molecule has 1 N–H and O–H groups in total. The van der Waals surface area contributed by atoms with E-state index in [1.165, 1.54) is 42.4 Å². The summed E-state index contributed by atoms with van der Waals surface area (Å²) in [6.07, 6.45) is 2.37. The second kappa shape index (κ2) is 8.83. The molecule has 0 saturated carbocycles. The van der Waals surface area contributed by atoms with E-state index in [1.807, 2.05) is 41.8 Å². The number of carbonyl (C=O) groups excluding carboxylic acids is 2. The van der Waals surface area contributed by atoms with Crippen molar-refractivity contribution >= 4 is 45.8 Å². The predicted molar refractivity (Wildman–Crippen MR) is 131 cm³/mol. The van der Waals surface area contributed by atoms with Gasteiger partial charge in [-0.25, -0.2) is 9.29 Å². The van der Waals surface area contributed by atoms with Gasteiger partial charge in [0.2, 0.25) is 0 Å². The molecule has 0 atom stereocenters. The average molecular weight is 462 g/mol. The number of amides is 2. The van der Waals surface area contributed by atoms with Crippen LogP contribution in [0.2, 0.25) is 0 Å². The Morgan fingerprint density at radius 1 is 0.939 bits per heavy atom. The molecule has 0 unspecified atom stereocenters. The van der Waals surface area contributed by atoms with Crippen molar-refractivity contribution in [1.29, 1.82) is 0 Å². The molecule has 2 aliphatic rings. The highest BCUT2D eigenvalue weighted by atomic mass is 32.1. The van der Waals surface area contributed by atoms with E-state index in [4.69, 9.17) is 0 Å². The second-order valence-corrected chi connectivity index (χ2v) is 9.44. The third-order valence-corrected chi connectivity index (χ3v) is 7.09. The summed E-state index contributed by atoms with van der Waals surface area (Å²) in [5.74, 6) is -0.704. The number of imide groups is 1. The summed E-state index contributed by atoms with van der Waals surface area (Å²) in [6, 6.07) is 17.1. The lowest BCUT2D eigenvalue weighted by Crippen LogP contribution is -2.32. The first-order chi connectivity index (χ1) is 16.0. The highest BCUT2D eigenvalue weighted by Crippen LogP contribution is 2.36. The molecule has 2 aliphatic heterocycles. The third kappa shape index (κ3) is 4.16. The van der Waals surface area contributed by atoms with Gasteiger partial charge in [0.05, 0.1) is 11.3 Å². The van der Waals surface area contributed by atoms with Crippen LogP contribution in [0.4, 0.5) is 21.5 Å². The van der Waals surface area contributed by atoms with E-state index in [-0.39, 0.29) is 11.4 Å². The van der Waals surface area contributed by atoms with Gasteiger partial charge in [0.25, 0.3) is 11.8 Å². The molecule has 0 bridgehead atoms. The Balaban J connectivity index is 1.44. The number of anilines is 3. The number of piperidine rings is 1. The molecule has 2 amide bonds. The number of carbonyl (C=O) groups is 2. The first-order valence-electron chi connectivity index (χ1n) is 11.1. The third-order valence-electron chi connectivity index (χ3n) is 6.20. The maximum atomic E-state index is 13.8. The summed E-state index contributed by atoms with van der Waals surface area (Å²) in [5.41, 5.74) is 2.58. The highest BCUT2D eigenvalue weighted by molar-refractivity contribution is 7.11. The Bertz CT molecular complexity index is 1210. The van der Waals surface area contributed by atoms with Gasteiger partial charge in [-0.05, 0) is 72.7 Å². The van der Waals surface area contributed by atoms with Gasteiger partial charge in [-0.2, -0.15) is 0 Å². The monoisotopic (exact) mass is 461 g/mol. The standard InChI is InChI=1S/C26H24FN3O2S/c1-17-11-13-29(14-12-17)20-9-7-19(8-10-20)28-24-23(22-6-3-15-33-22)25(31)30(26(24)32)21-5-2-4-18(27)16-21/h2-10,15-17,28H,11-14H2,1H3. The topological polar surface area (TPSA) is 52.7 Å². The number of benzene rings is 2. The molecule has 1 fully saturated rings. The van der Waals surface area contributed by atoms with Crippen LogP contribution in [-0.2, 0) is 9.59 Å². The van der Waals surface area contributed by atoms with Crippen LogP contribution in [0.15, 0.2) is 71.7 Å². The van der Waals surface area contributed by atoms with Gasteiger partial charge >= 0.3 is 0 Å². The molecule has 0 spiro atoms. The summed E-state index contributed by atoms with van der Waals surface area (Å²) < 4.78 is 13.8. The van der Waals surface area contributed by atoms with Gasteiger partial charge in [-0.1, -0.05) is 19.1 Å². The van der Waals surface area contributed by atoms with Crippen LogP contribution < -0.4 is 15.1 Å². The molecular formula is C26H24FN3O2S. The zero-order valence-corrected chi connectivity index (χ0v) is 19.1. The molecule has 0 radical (unpaired) electrons. The average Bonchev–Trinajstić information content (AvgIpc) is 3.41. The first kappa shape index (κ1) is 21.4. The lowest BCUT2D eigenvalue weighted by Gasteiger charge is -2.32. The quantitative estimate of drug-likeness (QED) is 0.509. The van der Waals surface area contributed by atoms with Crippen LogP contribution in [0.1, 0.15) is 24.6 Å². The van der Waals surface area contributed by atoms with E-state index in [9.17, 15) is 14.0 Å². The normalized spacial score (nSPS) is 17.3. The minimum atomic E-state index is -0.505. The minimum absolute atomic E-state index is 0.200.